The van der Waals surface area contributed by atoms with Gasteiger partial charge in [-0.15, -0.1) is 11.6 Å². The number of thioether (sulfide) groups is 1. The lowest BCUT2D eigenvalue weighted by Gasteiger charge is -2.15. The van der Waals surface area contributed by atoms with Crippen LogP contribution >= 0.6 is 23.4 Å². The van der Waals surface area contributed by atoms with Crippen LogP contribution in [-0.4, -0.2) is 16.9 Å². The second kappa shape index (κ2) is 8.25. The highest BCUT2D eigenvalue weighted by atomic mass is 35.5. The largest absolute Gasteiger partial charge is 0.159 e. The molecule has 0 aliphatic rings. The van der Waals surface area contributed by atoms with E-state index in [1.54, 1.807) is 0 Å². The molecular formula is C10H21ClS. The van der Waals surface area contributed by atoms with Crippen molar-refractivity contribution >= 4 is 23.4 Å². The van der Waals surface area contributed by atoms with Gasteiger partial charge in [0.25, 0.3) is 0 Å². The highest BCUT2D eigenvalue weighted by Gasteiger charge is 2.06. The Balaban J connectivity index is 3.37. The molecule has 0 saturated heterocycles. The van der Waals surface area contributed by atoms with Crippen molar-refractivity contribution in [3.05, 3.63) is 0 Å². The lowest BCUT2D eigenvalue weighted by atomic mass is 10.1. The van der Waals surface area contributed by atoms with Gasteiger partial charge in [0.05, 0.1) is 0 Å². The Morgan fingerprint density at radius 2 is 1.83 bits per heavy atom. The first-order valence-electron chi connectivity index (χ1n) is 4.92. The van der Waals surface area contributed by atoms with Crippen molar-refractivity contribution in [3.63, 3.8) is 0 Å². The Kier molecular flexibility index (Phi) is 8.69. The molecule has 0 nitrogen and oxygen atoms in total. The van der Waals surface area contributed by atoms with Crippen LogP contribution in [0.3, 0.4) is 0 Å². The lowest BCUT2D eigenvalue weighted by Crippen LogP contribution is -2.05. The first kappa shape index (κ1) is 12.6. The predicted molar refractivity (Wildman–Crippen MR) is 61.3 cm³/mol. The van der Waals surface area contributed by atoms with Crippen LogP contribution in [-0.2, 0) is 0 Å². The topological polar surface area (TPSA) is 0 Å². The number of hydrogen-bond donors (Lipinski definition) is 0. The molecule has 0 radical (unpaired) electrons. The molecule has 0 spiro atoms. The van der Waals surface area contributed by atoms with Gasteiger partial charge in [0.1, 0.15) is 0 Å². The maximum absolute atomic E-state index is 5.67. The molecule has 0 bridgehead atoms. The lowest BCUT2D eigenvalue weighted by molar-refractivity contribution is 0.553. The second-order valence-electron chi connectivity index (χ2n) is 3.30. The van der Waals surface area contributed by atoms with Gasteiger partial charge >= 0.3 is 0 Å². The smallest absolute Gasteiger partial charge is 0.0233 e. The zero-order valence-electron chi connectivity index (χ0n) is 8.48. The third-order valence-corrected chi connectivity index (χ3v) is 3.97. The predicted octanol–water partition coefficient (Wildman–Crippen LogP) is 4.17. The van der Waals surface area contributed by atoms with Crippen molar-refractivity contribution in [1.82, 2.24) is 0 Å². The summed E-state index contributed by atoms with van der Waals surface area (Å²) >= 11 is 7.74. The second-order valence-corrected chi connectivity index (χ2v) is 5.15. The monoisotopic (exact) mass is 208 g/mol. The maximum Gasteiger partial charge on any atom is 0.0233 e. The summed E-state index contributed by atoms with van der Waals surface area (Å²) in [5.41, 5.74) is 0. The third kappa shape index (κ3) is 6.19. The summed E-state index contributed by atoms with van der Waals surface area (Å²) in [5.74, 6) is 3.02. The van der Waals surface area contributed by atoms with Crippen LogP contribution in [0.25, 0.3) is 0 Å². The number of hydrogen-bond acceptors (Lipinski definition) is 1. The quantitative estimate of drug-likeness (QED) is 0.566. The van der Waals surface area contributed by atoms with E-state index in [2.05, 4.69) is 32.5 Å². The molecule has 1 unspecified atom stereocenters. The van der Waals surface area contributed by atoms with Crippen molar-refractivity contribution in [2.75, 3.05) is 11.6 Å². The zero-order chi connectivity index (χ0) is 9.40. The highest BCUT2D eigenvalue weighted by molar-refractivity contribution is 7.99. The summed E-state index contributed by atoms with van der Waals surface area (Å²) < 4.78 is 0. The molecule has 0 amide bonds. The van der Waals surface area contributed by atoms with Gasteiger partial charge in [0.15, 0.2) is 0 Å². The van der Waals surface area contributed by atoms with Crippen LogP contribution in [0.5, 0.6) is 0 Å². The molecule has 2 heteroatoms. The summed E-state index contributed by atoms with van der Waals surface area (Å²) in [7, 11) is 0. The van der Waals surface area contributed by atoms with Crippen molar-refractivity contribution in [3.8, 4) is 0 Å². The summed E-state index contributed by atoms with van der Waals surface area (Å²) in [6, 6.07) is 0. The van der Waals surface area contributed by atoms with Gasteiger partial charge in [-0.25, -0.2) is 0 Å². The molecule has 0 aromatic heterocycles. The Labute approximate surface area is 86.5 Å². The van der Waals surface area contributed by atoms with E-state index in [4.69, 9.17) is 11.6 Å². The minimum atomic E-state index is 0.739. The van der Waals surface area contributed by atoms with Gasteiger partial charge in [0, 0.05) is 11.1 Å². The molecule has 0 fully saturated rings. The standard InChI is InChI=1S/C10H21ClS/c1-4-10(5-2)8-12-9(3)6-7-11/h9-10H,4-8H2,1-3H3. The van der Waals surface area contributed by atoms with E-state index in [0.717, 1.165) is 23.5 Å². The fourth-order valence-electron chi connectivity index (χ4n) is 1.06. The van der Waals surface area contributed by atoms with E-state index < -0.39 is 0 Å². The van der Waals surface area contributed by atoms with E-state index in [-0.39, 0.29) is 0 Å². The molecule has 0 aliphatic heterocycles. The van der Waals surface area contributed by atoms with E-state index in [1.807, 2.05) is 0 Å². The maximum atomic E-state index is 5.67. The number of alkyl halides is 1. The Morgan fingerprint density at radius 3 is 2.25 bits per heavy atom. The van der Waals surface area contributed by atoms with Gasteiger partial charge in [-0.05, 0) is 18.1 Å². The zero-order valence-corrected chi connectivity index (χ0v) is 10.0. The summed E-state index contributed by atoms with van der Waals surface area (Å²) in [6.45, 7) is 6.83. The van der Waals surface area contributed by atoms with E-state index in [1.165, 1.54) is 18.6 Å². The third-order valence-electron chi connectivity index (χ3n) is 2.29. The Morgan fingerprint density at radius 1 is 1.25 bits per heavy atom. The van der Waals surface area contributed by atoms with Gasteiger partial charge < -0.3 is 0 Å². The molecule has 0 saturated carbocycles. The van der Waals surface area contributed by atoms with Crippen LogP contribution in [0.1, 0.15) is 40.0 Å². The molecule has 12 heavy (non-hydrogen) atoms. The minimum absolute atomic E-state index is 0.739. The fourth-order valence-corrected chi connectivity index (χ4v) is 2.88. The van der Waals surface area contributed by atoms with Crippen molar-refractivity contribution < 1.29 is 0 Å². The molecular weight excluding hydrogens is 188 g/mol. The average Bonchev–Trinajstić information content (AvgIpc) is 2.07. The van der Waals surface area contributed by atoms with Crippen LogP contribution in [0, 0.1) is 5.92 Å². The molecule has 0 heterocycles. The SMILES string of the molecule is CCC(CC)CSC(C)CCCl. The Bertz CT molecular complexity index is 91.8. The van der Waals surface area contributed by atoms with E-state index in [0.29, 0.717) is 0 Å². The number of halogens is 1. The van der Waals surface area contributed by atoms with Gasteiger partial charge in [-0.1, -0.05) is 33.6 Å². The van der Waals surface area contributed by atoms with Gasteiger partial charge in [-0.3, -0.25) is 0 Å². The van der Waals surface area contributed by atoms with Gasteiger partial charge in [0.2, 0.25) is 0 Å². The molecule has 1 atom stereocenters. The molecule has 74 valence electrons. The van der Waals surface area contributed by atoms with Crippen molar-refractivity contribution in [2.45, 2.75) is 45.3 Å². The van der Waals surface area contributed by atoms with Crippen LogP contribution in [0.4, 0.5) is 0 Å². The minimum Gasteiger partial charge on any atom is -0.159 e. The highest BCUT2D eigenvalue weighted by Crippen LogP contribution is 2.21. The van der Waals surface area contributed by atoms with Crippen LogP contribution in [0.15, 0.2) is 0 Å². The van der Waals surface area contributed by atoms with Gasteiger partial charge in [-0.2, -0.15) is 11.8 Å². The molecule has 0 rings (SSSR count). The summed E-state index contributed by atoms with van der Waals surface area (Å²) in [4.78, 5) is 0. The van der Waals surface area contributed by atoms with Crippen LogP contribution in [0.2, 0.25) is 0 Å². The van der Waals surface area contributed by atoms with Crippen molar-refractivity contribution in [1.29, 1.82) is 0 Å². The molecule has 0 aromatic carbocycles. The average molecular weight is 209 g/mol. The summed E-state index contributed by atoms with van der Waals surface area (Å²) in [5, 5.41) is 0.739. The fraction of sp³-hybridized carbons (Fsp3) is 1.00. The summed E-state index contributed by atoms with van der Waals surface area (Å²) in [6.07, 6.45) is 3.78. The first-order valence-corrected chi connectivity index (χ1v) is 6.50. The molecule has 0 N–H and O–H groups in total. The van der Waals surface area contributed by atoms with E-state index in [9.17, 15) is 0 Å². The van der Waals surface area contributed by atoms with Crippen molar-refractivity contribution in [2.24, 2.45) is 5.92 Å². The number of rotatable bonds is 7. The Hall–Kier alpha value is 0.640. The van der Waals surface area contributed by atoms with E-state index >= 15 is 0 Å². The molecule has 0 aliphatic carbocycles. The first-order chi connectivity index (χ1) is 5.74. The molecule has 0 aromatic rings. The van der Waals surface area contributed by atoms with Crippen LogP contribution < -0.4 is 0 Å². The normalized spacial score (nSPS) is 13.8.